The number of primary amides is 1. The zero-order chi connectivity index (χ0) is 11.4. The molecule has 0 atom stereocenters. The number of benzene rings is 1. The molecule has 86 valence electrons. The zero-order valence-corrected chi connectivity index (χ0v) is 9.11. The maximum absolute atomic E-state index is 11.2. The van der Waals surface area contributed by atoms with E-state index in [-0.39, 0.29) is 0 Å². The first kappa shape index (κ1) is 11.0. The Morgan fingerprint density at radius 1 is 1.31 bits per heavy atom. The van der Waals surface area contributed by atoms with Gasteiger partial charge in [0.15, 0.2) is 0 Å². The SMILES string of the molecule is NC(=O)c1ccccc1NC1CCOCC1. The standard InChI is InChI=1S/C12H16N2O2/c13-12(15)10-3-1-2-4-11(10)14-9-5-7-16-8-6-9/h1-4,9,14H,5-8H2,(H2,13,15). The van der Waals surface area contributed by atoms with Crippen molar-refractivity contribution in [2.75, 3.05) is 18.5 Å². The van der Waals surface area contributed by atoms with Gasteiger partial charge in [0.25, 0.3) is 5.91 Å². The van der Waals surface area contributed by atoms with Crippen molar-refractivity contribution in [1.82, 2.24) is 0 Å². The number of anilines is 1. The molecule has 0 spiro atoms. The van der Waals surface area contributed by atoms with Gasteiger partial charge in [0.05, 0.1) is 5.56 Å². The van der Waals surface area contributed by atoms with Crippen LogP contribution in [0.3, 0.4) is 0 Å². The van der Waals surface area contributed by atoms with Gasteiger partial charge in [-0.2, -0.15) is 0 Å². The molecule has 1 aromatic carbocycles. The molecule has 0 radical (unpaired) electrons. The number of rotatable bonds is 3. The van der Waals surface area contributed by atoms with Crippen molar-refractivity contribution in [1.29, 1.82) is 0 Å². The number of ether oxygens (including phenoxy) is 1. The molecule has 16 heavy (non-hydrogen) atoms. The van der Waals surface area contributed by atoms with Crippen molar-refractivity contribution < 1.29 is 9.53 Å². The summed E-state index contributed by atoms with van der Waals surface area (Å²) in [5, 5.41) is 3.35. The largest absolute Gasteiger partial charge is 0.381 e. The number of carbonyl (C=O) groups excluding carboxylic acids is 1. The van der Waals surface area contributed by atoms with Crippen molar-refractivity contribution in [3.8, 4) is 0 Å². The molecule has 1 amide bonds. The highest BCUT2D eigenvalue weighted by Crippen LogP contribution is 2.18. The van der Waals surface area contributed by atoms with Crippen LogP contribution in [0.25, 0.3) is 0 Å². The van der Waals surface area contributed by atoms with Gasteiger partial charge in [-0.3, -0.25) is 4.79 Å². The van der Waals surface area contributed by atoms with Crippen LogP contribution in [0.4, 0.5) is 5.69 Å². The number of amides is 1. The normalized spacial score (nSPS) is 17.0. The van der Waals surface area contributed by atoms with Gasteiger partial charge >= 0.3 is 0 Å². The number of nitrogens with one attached hydrogen (secondary N) is 1. The minimum Gasteiger partial charge on any atom is -0.381 e. The first-order valence-corrected chi connectivity index (χ1v) is 5.50. The summed E-state index contributed by atoms with van der Waals surface area (Å²) in [6.45, 7) is 1.55. The molecule has 4 nitrogen and oxygen atoms in total. The molecule has 0 unspecified atom stereocenters. The van der Waals surface area contributed by atoms with Crippen LogP contribution in [0.5, 0.6) is 0 Å². The highest BCUT2D eigenvalue weighted by atomic mass is 16.5. The Morgan fingerprint density at radius 3 is 2.69 bits per heavy atom. The molecule has 0 saturated carbocycles. The number of hydrogen-bond donors (Lipinski definition) is 2. The lowest BCUT2D eigenvalue weighted by Crippen LogP contribution is -2.29. The Labute approximate surface area is 94.8 Å². The van der Waals surface area contributed by atoms with Crippen molar-refractivity contribution in [2.45, 2.75) is 18.9 Å². The van der Waals surface area contributed by atoms with Crippen molar-refractivity contribution >= 4 is 11.6 Å². The van der Waals surface area contributed by atoms with Crippen molar-refractivity contribution in [3.63, 3.8) is 0 Å². The number of para-hydroxylation sites is 1. The third-order valence-corrected chi connectivity index (χ3v) is 2.77. The van der Waals surface area contributed by atoms with Crippen LogP contribution in [0.1, 0.15) is 23.2 Å². The molecular weight excluding hydrogens is 204 g/mol. The fourth-order valence-electron chi connectivity index (χ4n) is 1.89. The van der Waals surface area contributed by atoms with E-state index < -0.39 is 5.91 Å². The molecule has 0 bridgehead atoms. The fourth-order valence-corrected chi connectivity index (χ4v) is 1.89. The lowest BCUT2D eigenvalue weighted by molar-refractivity contribution is 0.0904. The zero-order valence-electron chi connectivity index (χ0n) is 9.11. The average molecular weight is 220 g/mol. The second-order valence-electron chi connectivity index (χ2n) is 3.94. The highest BCUT2D eigenvalue weighted by molar-refractivity contribution is 5.98. The Morgan fingerprint density at radius 2 is 2.00 bits per heavy atom. The van der Waals surface area contributed by atoms with Gasteiger partial charge in [0, 0.05) is 24.9 Å². The van der Waals surface area contributed by atoms with E-state index in [2.05, 4.69) is 5.32 Å². The molecule has 2 rings (SSSR count). The molecule has 0 aromatic heterocycles. The van der Waals surface area contributed by atoms with E-state index in [4.69, 9.17) is 10.5 Å². The first-order chi connectivity index (χ1) is 7.77. The molecule has 1 heterocycles. The van der Waals surface area contributed by atoms with Crippen molar-refractivity contribution in [3.05, 3.63) is 29.8 Å². The molecule has 0 aliphatic carbocycles. The smallest absolute Gasteiger partial charge is 0.250 e. The summed E-state index contributed by atoms with van der Waals surface area (Å²) in [7, 11) is 0. The Balaban J connectivity index is 2.10. The first-order valence-electron chi connectivity index (χ1n) is 5.50. The Kier molecular flexibility index (Phi) is 3.41. The molecular formula is C12H16N2O2. The molecule has 1 fully saturated rings. The van der Waals surface area contributed by atoms with E-state index >= 15 is 0 Å². The highest BCUT2D eigenvalue weighted by Gasteiger charge is 2.15. The molecule has 1 saturated heterocycles. The van der Waals surface area contributed by atoms with Gasteiger partial charge < -0.3 is 15.8 Å². The summed E-state index contributed by atoms with van der Waals surface area (Å²) < 4.78 is 5.28. The van der Waals surface area contributed by atoms with Crippen LogP contribution in [-0.2, 0) is 4.74 Å². The van der Waals surface area contributed by atoms with E-state index in [0.29, 0.717) is 11.6 Å². The van der Waals surface area contributed by atoms with Gasteiger partial charge in [-0.15, -0.1) is 0 Å². The quantitative estimate of drug-likeness (QED) is 0.808. The van der Waals surface area contributed by atoms with Gasteiger partial charge in [-0.1, -0.05) is 12.1 Å². The van der Waals surface area contributed by atoms with Crippen LogP contribution >= 0.6 is 0 Å². The van der Waals surface area contributed by atoms with Crippen LogP contribution in [-0.4, -0.2) is 25.2 Å². The average Bonchev–Trinajstić information content (AvgIpc) is 2.31. The van der Waals surface area contributed by atoms with Crippen LogP contribution in [0, 0.1) is 0 Å². The van der Waals surface area contributed by atoms with E-state index in [1.54, 1.807) is 6.07 Å². The minimum atomic E-state index is -0.393. The summed E-state index contributed by atoms with van der Waals surface area (Å²) in [5.41, 5.74) is 6.69. The van der Waals surface area contributed by atoms with E-state index in [9.17, 15) is 4.79 Å². The van der Waals surface area contributed by atoms with Crippen LogP contribution < -0.4 is 11.1 Å². The van der Waals surface area contributed by atoms with Crippen LogP contribution in [0.2, 0.25) is 0 Å². The fraction of sp³-hybridized carbons (Fsp3) is 0.417. The second kappa shape index (κ2) is 4.99. The summed E-state index contributed by atoms with van der Waals surface area (Å²) in [4.78, 5) is 11.2. The van der Waals surface area contributed by atoms with E-state index in [1.165, 1.54) is 0 Å². The molecule has 1 aromatic rings. The maximum Gasteiger partial charge on any atom is 0.250 e. The second-order valence-corrected chi connectivity index (χ2v) is 3.94. The summed E-state index contributed by atoms with van der Waals surface area (Å²) in [5.74, 6) is -0.393. The monoisotopic (exact) mass is 220 g/mol. The summed E-state index contributed by atoms with van der Waals surface area (Å²) in [6.07, 6.45) is 1.93. The number of carbonyl (C=O) groups is 1. The Bertz CT molecular complexity index is 373. The molecule has 4 heteroatoms. The predicted molar refractivity (Wildman–Crippen MR) is 62.4 cm³/mol. The summed E-state index contributed by atoms with van der Waals surface area (Å²) >= 11 is 0. The topological polar surface area (TPSA) is 64.4 Å². The number of nitrogens with two attached hydrogens (primary N) is 1. The van der Waals surface area contributed by atoms with E-state index in [1.807, 2.05) is 18.2 Å². The molecule has 1 aliphatic rings. The minimum absolute atomic E-state index is 0.370. The van der Waals surface area contributed by atoms with Crippen molar-refractivity contribution in [2.24, 2.45) is 5.73 Å². The van der Waals surface area contributed by atoms with Gasteiger partial charge in [-0.25, -0.2) is 0 Å². The Hall–Kier alpha value is -1.55. The lowest BCUT2D eigenvalue weighted by atomic mass is 10.1. The predicted octanol–water partition coefficient (Wildman–Crippen LogP) is 1.38. The van der Waals surface area contributed by atoms with Gasteiger partial charge in [0.1, 0.15) is 0 Å². The maximum atomic E-state index is 11.2. The molecule has 3 N–H and O–H groups in total. The molecule has 1 aliphatic heterocycles. The third kappa shape index (κ3) is 2.52. The van der Waals surface area contributed by atoms with E-state index in [0.717, 1.165) is 31.7 Å². The van der Waals surface area contributed by atoms with Gasteiger partial charge in [-0.05, 0) is 25.0 Å². The lowest BCUT2D eigenvalue weighted by Gasteiger charge is -2.24. The van der Waals surface area contributed by atoms with Gasteiger partial charge in [0.2, 0.25) is 0 Å². The summed E-state index contributed by atoms with van der Waals surface area (Å²) in [6, 6.07) is 7.71. The third-order valence-electron chi connectivity index (χ3n) is 2.77. The van der Waals surface area contributed by atoms with Crippen LogP contribution in [0.15, 0.2) is 24.3 Å². The number of hydrogen-bond acceptors (Lipinski definition) is 3.